The normalized spacial score (nSPS) is 26.0. The molecule has 1 aliphatic carbocycles. The van der Waals surface area contributed by atoms with Crippen LogP contribution in [0.3, 0.4) is 0 Å². The molecular formula is C39H45F4N5O8. The van der Waals surface area contributed by atoms with E-state index in [0.29, 0.717) is 30.4 Å². The van der Waals surface area contributed by atoms with E-state index < -0.39 is 82.7 Å². The number of fused-ring (bicyclic) bond motifs is 3. The summed E-state index contributed by atoms with van der Waals surface area (Å²) in [6.07, 6.45) is -0.861. The summed E-state index contributed by atoms with van der Waals surface area (Å²) in [4.78, 5) is 76.4. The molecule has 302 valence electrons. The Morgan fingerprint density at radius 2 is 1.77 bits per heavy atom. The van der Waals surface area contributed by atoms with Gasteiger partial charge < -0.3 is 29.8 Å². The minimum absolute atomic E-state index is 0.0306. The number of hydrogen-bond acceptors (Lipinski definition) is 8. The van der Waals surface area contributed by atoms with Crippen molar-refractivity contribution in [2.24, 2.45) is 5.92 Å². The van der Waals surface area contributed by atoms with E-state index in [1.54, 1.807) is 39.0 Å². The second-order valence-electron chi connectivity index (χ2n) is 15.6. The zero-order valence-electron chi connectivity index (χ0n) is 31.2. The first kappa shape index (κ1) is 40.3. The summed E-state index contributed by atoms with van der Waals surface area (Å²) in [6.45, 7) is 4.86. The Morgan fingerprint density at radius 1 is 1.00 bits per heavy atom. The summed E-state index contributed by atoms with van der Waals surface area (Å²) >= 11 is 0. The molecule has 4 aliphatic rings. The number of hydrogen-bond donors (Lipinski definition) is 3. The SMILES string of the molecule is CC(C)(C)OC(=O)N[C@H]1CCCCC/C=C\[C@@H]2C[C@@]2(C(=O)NOc2cccc(C(F)(F)F)c2)NC(=O)[C@@H]2C[C@@H](OC(=O)N3Cc4cccc(F)c4C3)CN2C1=O. The van der Waals surface area contributed by atoms with Crippen molar-refractivity contribution in [1.82, 2.24) is 25.9 Å². The van der Waals surface area contributed by atoms with Crippen molar-refractivity contribution in [3.05, 3.63) is 77.1 Å². The van der Waals surface area contributed by atoms with Gasteiger partial charge in [-0.05, 0) is 76.3 Å². The molecule has 56 heavy (non-hydrogen) atoms. The maximum Gasteiger partial charge on any atom is 0.416 e. The smallest absolute Gasteiger partial charge is 0.416 e. The average Bonchev–Trinajstić information content (AvgIpc) is 3.42. The second-order valence-corrected chi connectivity index (χ2v) is 15.6. The number of carbonyl (C=O) groups excluding carboxylic acids is 5. The summed E-state index contributed by atoms with van der Waals surface area (Å²) in [7, 11) is 0. The van der Waals surface area contributed by atoms with Gasteiger partial charge >= 0.3 is 18.4 Å². The van der Waals surface area contributed by atoms with E-state index in [-0.39, 0.29) is 44.6 Å². The summed E-state index contributed by atoms with van der Waals surface area (Å²) in [5, 5.41) is 5.42. The predicted octanol–water partition coefficient (Wildman–Crippen LogP) is 5.66. The van der Waals surface area contributed by atoms with Gasteiger partial charge in [-0.25, -0.2) is 14.0 Å². The van der Waals surface area contributed by atoms with E-state index in [1.165, 1.54) is 21.9 Å². The Morgan fingerprint density at radius 3 is 2.50 bits per heavy atom. The number of benzene rings is 2. The van der Waals surface area contributed by atoms with Gasteiger partial charge in [0.05, 0.1) is 18.7 Å². The lowest BCUT2D eigenvalue weighted by Crippen LogP contribution is -2.58. The molecule has 1 saturated carbocycles. The number of rotatable bonds is 5. The molecule has 2 aromatic carbocycles. The molecule has 3 N–H and O–H groups in total. The summed E-state index contributed by atoms with van der Waals surface area (Å²) in [6, 6.07) is 6.09. The number of alkyl carbamates (subject to hydrolysis) is 1. The van der Waals surface area contributed by atoms with Crippen LogP contribution in [-0.4, -0.2) is 75.6 Å². The number of hydroxylamine groups is 1. The van der Waals surface area contributed by atoms with Gasteiger partial charge in [-0.1, -0.05) is 43.2 Å². The van der Waals surface area contributed by atoms with Gasteiger partial charge in [0.25, 0.3) is 5.91 Å². The fourth-order valence-corrected chi connectivity index (χ4v) is 7.27. The average molecular weight is 788 g/mol. The predicted molar refractivity (Wildman–Crippen MR) is 191 cm³/mol. The molecule has 0 bridgehead atoms. The third-order valence-corrected chi connectivity index (χ3v) is 10.2. The van der Waals surface area contributed by atoms with Crippen molar-refractivity contribution in [3.8, 4) is 5.75 Å². The van der Waals surface area contributed by atoms with Crippen molar-refractivity contribution < 1.29 is 55.8 Å². The quantitative estimate of drug-likeness (QED) is 0.199. The maximum atomic E-state index is 14.4. The van der Waals surface area contributed by atoms with Crippen LogP contribution < -0.4 is 21.0 Å². The lowest BCUT2D eigenvalue weighted by atomic mass is 10.0. The van der Waals surface area contributed by atoms with Crippen LogP contribution in [0.4, 0.5) is 27.2 Å². The van der Waals surface area contributed by atoms with E-state index in [0.717, 1.165) is 24.6 Å². The molecule has 2 aromatic rings. The van der Waals surface area contributed by atoms with Crippen LogP contribution in [0.5, 0.6) is 5.75 Å². The fourth-order valence-electron chi connectivity index (χ4n) is 7.27. The zero-order valence-corrected chi connectivity index (χ0v) is 31.2. The monoisotopic (exact) mass is 787 g/mol. The molecule has 0 aromatic heterocycles. The number of alkyl halides is 3. The van der Waals surface area contributed by atoms with Gasteiger partial charge in [-0.2, -0.15) is 18.7 Å². The molecule has 17 heteroatoms. The molecule has 5 atom stereocenters. The number of allylic oxidation sites excluding steroid dienone is 1. The van der Waals surface area contributed by atoms with Gasteiger partial charge in [0.15, 0.2) is 5.75 Å². The molecular weight excluding hydrogens is 742 g/mol. The molecule has 1 saturated heterocycles. The third kappa shape index (κ3) is 9.36. The highest BCUT2D eigenvalue weighted by molar-refractivity contribution is 5.98. The largest absolute Gasteiger partial charge is 0.444 e. The molecule has 5 amide bonds. The fraction of sp³-hybridized carbons (Fsp3) is 0.513. The lowest BCUT2D eigenvalue weighted by Gasteiger charge is -2.30. The van der Waals surface area contributed by atoms with E-state index in [1.807, 2.05) is 6.08 Å². The van der Waals surface area contributed by atoms with Gasteiger partial charge in [0.1, 0.15) is 35.1 Å². The Bertz CT molecular complexity index is 1880. The standard InChI is InChI=1S/C39H45F4N5O8/c1-37(2,3)55-35(52)44-30-16-8-6-4-5-7-12-25-19-38(25,34(51)46-56-26-14-10-13-24(17-26)39(41,42)43)45-32(49)31-18-27(21-48(31)33(30)50)54-36(53)47-20-23-11-9-15-29(40)28(23)22-47/h7,9-15,17,25,27,30-31H,4-6,8,16,18-22H2,1-3H3,(H,44,52)(H,45,49)(H,46,51)/b12-7-/t25-,27-,30+,31+,38-/m1/s1. The van der Waals surface area contributed by atoms with Crippen LogP contribution in [0.15, 0.2) is 54.6 Å². The molecule has 0 radical (unpaired) electrons. The van der Waals surface area contributed by atoms with Crippen LogP contribution in [-0.2, 0) is 43.1 Å². The minimum Gasteiger partial charge on any atom is -0.444 e. The first-order valence-corrected chi connectivity index (χ1v) is 18.6. The molecule has 2 fully saturated rings. The van der Waals surface area contributed by atoms with Gasteiger partial charge in [-0.15, -0.1) is 0 Å². The highest BCUT2D eigenvalue weighted by Crippen LogP contribution is 2.46. The van der Waals surface area contributed by atoms with Gasteiger partial charge in [0, 0.05) is 24.4 Å². The Hall–Kier alpha value is -5.35. The van der Waals surface area contributed by atoms with Gasteiger partial charge in [-0.3, -0.25) is 19.3 Å². The van der Waals surface area contributed by atoms with Crippen molar-refractivity contribution in [1.29, 1.82) is 0 Å². The molecule has 3 heterocycles. The second kappa shape index (κ2) is 16.0. The van der Waals surface area contributed by atoms with Crippen molar-refractivity contribution in [3.63, 3.8) is 0 Å². The van der Waals surface area contributed by atoms with E-state index in [2.05, 4.69) is 16.1 Å². The van der Waals surface area contributed by atoms with E-state index in [4.69, 9.17) is 14.3 Å². The Kier molecular flexibility index (Phi) is 11.5. The number of nitrogens with one attached hydrogen (secondary N) is 3. The van der Waals surface area contributed by atoms with Crippen LogP contribution in [0.1, 0.15) is 82.4 Å². The van der Waals surface area contributed by atoms with Crippen LogP contribution in [0.2, 0.25) is 0 Å². The number of halogens is 4. The first-order valence-electron chi connectivity index (χ1n) is 18.6. The molecule has 6 rings (SSSR count). The summed E-state index contributed by atoms with van der Waals surface area (Å²) in [5.41, 5.74) is -0.261. The Balaban J connectivity index is 1.24. The lowest BCUT2D eigenvalue weighted by molar-refractivity contribution is -0.142. The molecule has 13 nitrogen and oxygen atoms in total. The van der Waals surface area contributed by atoms with Gasteiger partial charge in [0.2, 0.25) is 11.8 Å². The third-order valence-electron chi connectivity index (χ3n) is 10.2. The summed E-state index contributed by atoms with van der Waals surface area (Å²) < 4.78 is 65.6. The zero-order chi connectivity index (χ0) is 40.4. The summed E-state index contributed by atoms with van der Waals surface area (Å²) in [5.74, 6) is -3.47. The maximum absolute atomic E-state index is 14.4. The number of nitrogens with zero attached hydrogens (tertiary/aromatic N) is 2. The number of ether oxygens (including phenoxy) is 2. The van der Waals surface area contributed by atoms with Crippen LogP contribution in [0.25, 0.3) is 0 Å². The number of amides is 5. The van der Waals surface area contributed by atoms with Crippen LogP contribution >= 0.6 is 0 Å². The first-order chi connectivity index (χ1) is 26.4. The molecule has 3 aliphatic heterocycles. The highest BCUT2D eigenvalue weighted by atomic mass is 19.4. The van der Waals surface area contributed by atoms with E-state index in [9.17, 15) is 41.5 Å². The van der Waals surface area contributed by atoms with Crippen molar-refractivity contribution in [2.45, 2.75) is 114 Å². The highest BCUT2D eigenvalue weighted by Gasteiger charge is 2.61. The van der Waals surface area contributed by atoms with Crippen molar-refractivity contribution in [2.75, 3.05) is 6.54 Å². The number of carbonyl (C=O) groups is 5. The van der Waals surface area contributed by atoms with E-state index >= 15 is 0 Å². The minimum atomic E-state index is -4.65. The Labute approximate surface area is 321 Å². The van der Waals surface area contributed by atoms with Crippen LogP contribution in [0, 0.1) is 11.7 Å². The van der Waals surface area contributed by atoms with Crippen molar-refractivity contribution >= 4 is 29.9 Å². The topological polar surface area (TPSA) is 156 Å². The molecule has 0 unspecified atom stereocenters. The molecule has 0 spiro atoms.